The molecule has 16 heavy (non-hydrogen) atoms. The molecule has 0 amide bonds. The summed E-state index contributed by atoms with van der Waals surface area (Å²) < 4.78 is 0. The van der Waals surface area contributed by atoms with E-state index >= 15 is 0 Å². The average molecular weight is 241 g/mol. The lowest BCUT2D eigenvalue weighted by Gasteiger charge is -2.32. The van der Waals surface area contributed by atoms with E-state index in [9.17, 15) is 0 Å². The van der Waals surface area contributed by atoms with E-state index in [-0.39, 0.29) is 0 Å². The molecule has 0 bridgehead atoms. The van der Waals surface area contributed by atoms with E-state index in [2.05, 4.69) is 20.2 Å². The Kier molecular flexibility index (Phi) is 4.09. The van der Waals surface area contributed by atoms with Gasteiger partial charge in [0.15, 0.2) is 0 Å². The molecule has 1 aliphatic heterocycles. The van der Waals surface area contributed by atoms with Gasteiger partial charge in [-0.05, 0) is 44.1 Å². The third-order valence-electron chi connectivity index (χ3n) is 2.98. The fourth-order valence-corrected chi connectivity index (χ4v) is 2.29. The summed E-state index contributed by atoms with van der Waals surface area (Å²) in [6, 6.07) is 2.53. The van der Waals surface area contributed by atoms with Gasteiger partial charge in [-0.15, -0.1) is 0 Å². The van der Waals surface area contributed by atoms with Crippen LogP contribution >= 0.6 is 11.6 Å². The highest BCUT2D eigenvalue weighted by atomic mass is 35.5. The number of piperidine rings is 1. The van der Waals surface area contributed by atoms with Crippen LogP contribution in [0.1, 0.15) is 18.5 Å². The van der Waals surface area contributed by atoms with Crippen molar-refractivity contribution in [1.29, 1.82) is 0 Å². The van der Waals surface area contributed by atoms with Crippen molar-refractivity contribution in [3.8, 4) is 0 Å². The number of halogens is 1. The molecule has 1 fully saturated rings. The molecule has 0 aliphatic carbocycles. The lowest BCUT2D eigenvalue weighted by molar-refractivity contribution is 0.186. The maximum atomic E-state index is 5.77. The van der Waals surface area contributed by atoms with Gasteiger partial charge in [0, 0.05) is 25.3 Å². The van der Waals surface area contributed by atoms with Gasteiger partial charge < -0.3 is 5.32 Å². The fourth-order valence-electron chi connectivity index (χ4n) is 2.12. The Hall–Kier alpha value is -0.710. The molecule has 1 aromatic heterocycles. The van der Waals surface area contributed by atoms with Crippen LogP contribution in [0.2, 0.25) is 5.28 Å². The predicted molar refractivity (Wildman–Crippen MR) is 64.4 cm³/mol. The van der Waals surface area contributed by atoms with E-state index in [4.69, 9.17) is 11.6 Å². The number of nitrogens with one attached hydrogen (secondary N) is 1. The molecule has 0 spiro atoms. The first-order chi connectivity index (χ1) is 7.78. The second kappa shape index (κ2) is 5.57. The normalized spacial score (nSPS) is 22.2. The third-order valence-corrected chi connectivity index (χ3v) is 3.17. The van der Waals surface area contributed by atoms with Gasteiger partial charge in [-0.25, -0.2) is 9.97 Å². The quantitative estimate of drug-likeness (QED) is 0.809. The van der Waals surface area contributed by atoms with Crippen LogP contribution in [0.4, 0.5) is 0 Å². The molecule has 1 aromatic rings. The first kappa shape index (κ1) is 11.8. The minimum Gasteiger partial charge on any atom is -0.316 e. The van der Waals surface area contributed by atoms with Crippen LogP contribution in [-0.2, 0) is 6.54 Å². The van der Waals surface area contributed by atoms with E-state index in [0.29, 0.717) is 11.3 Å². The van der Waals surface area contributed by atoms with Gasteiger partial charge in [0.05, 0.1) is 5.69 Å². The molecule has 1 atom stereocenters. The molecular formula is C11H17ClN4. The van der Waals surface area contributed by atoms with E-state index in [1.165, 1.54) is 12.8 Å². The summed E-state index contributed by atoms with van der Waals surface area (Å²) in [5.41, 5.74) is 0.997. The second-order valence-corrected chi connectivity index (χ2v) is 4.52. The molecule has 0 unspecified atom stereocenters. The molecule has 0 saturated carbocycles. The number of rotatable bonds is 3. The van der Waals surface area contributed by atoms with Gasteiger partial charge in [-0.1, -0.05) is 0 Å². The summed E-state index contributed by atoms with van der Waals surface area (Å²) >= 11 is 5.77. The lowest BCUT2D eigenvalue weighted by atomic mass is 10.1. The Labute approximate surface area is 101 Å². The molecule has 2 rings (SSSR count). The van der Waals surface area contributed by atoms with Crippen LogP contribution in [0, 0.1) is 0 Å². The topological polar surface area (TPSA) is 41.0 Å². The molecule has 5 heteroatoms. The van der Waals surface area contributed by atoms with Gasteiger partial charge in [0.25, 0.3) is 0 Å². The summed E-state index contributed by atoms with van der Waals surface area (Å²) in [4.78, 5) is 10.5. The third kappa shape index (κ3) is 3.14. The summed E-state index contributed by atoms with van der Waals surface area (Å²) in [6.45, 7) is 3.08. The Morgan fingerprint density at radius 1 is 1.62 bits per heavy atom. The second-order valence-electron chi connectivity index (χ2n) is 4.18. The van der Waals surface area contributed by atoms with Crippen molar-refractivity contribution in [3.63, 3.8) is 0 Å². The van der Waals surface area contributed by atoms with Crippen molar-refractivity contribution < 1.29 is 0 Å². The van der Waals surface area contributed by atoms with Crippen molar-refractivity contribution >= 4 is 11.6 Å². The van der Waals surface area contributed by atoms with Gasteiger partial charge in [-0.3, -0.25) is 4.90 Å². The maximum absolute atomic E-state index is 5.77. The van der Waals surface area contributed by atoms with Crippen LogP contribution in [0.25, 0.3) is 0 Å². The molecule has 0 aromatic carbocycles. The summed E-state index contributed by atoms with van der Waals surface area (Å²) in [5.74, 6) is 0. The number of nitrogens with zero attached hydrogens (tertiary/aromatic N) is 3. The zero-order valence-electron chi connectivity index (χ0n) is 9.49. The van der Waals surface area contributed by atoms with Crippen molar-refractivity contribution in [2.75, 3.05) is 20.1 Å². The number of hydrogen-bond donors (Lipinski definition) is 1. The van der Waals surface area contributed by atoms with Gasteiger partial charge >= 0.3 is 0 Å². The molecule has 4 nitrogen and oxygen atoms in total. The van der Waals surface area contributed by atoms with Crippen molar-refractivity contribution in [2.24, 2.45) is 0 Å². The zero-order chi connectivity index (χ0) is 11.4. The number of aromatic nitrogens is 2. The van der Waals surface area contributed by atoms with Crippen molar-refractivity contribution in [1.82, 2.24) is 20.2 Å². The Bertz CT molecular complexity index is 345. The molecule has 0 radical (unpaired) electrons. The molecule has 2 heterocycles. The smallest absolute Gasteiger partial charge is 0.222 e. The minimum absolute atomic E-state index is 0.333. The average Bonchev–Trinajstić information content (AvgIpc) is 2.29. The highest BCUT2D eigenvalue weighted by molar-refractivity contribution is 6.28. The molecular weight excluding hydrogens is 224 g/mol. The van der Waals surface area contributed by atoms with Gasteiger partial charge in [0.2, 0.25) is 5.28 Å². The first-order valence-corrected chi connectivity index (χ1v) is 6.03. The van der Waals surface area contributed by atoms with Gasteiger partial charge in [-0.2, -0.15) is 0 Å². The SMILES string of the molecule is CN[C@H]1CCCN(Cc2ccnc(Cl)n2)C1. The van der Waals surface area contributed by atoms with E-state index in [1.54, 1.807) is 6.20 Å². The lowest BCUT2D eigenvalue weighted by Crippen LogP contribution is -2.43. The van der Waals surface area contributed by atoms with E-state index < -0.39 is 0 Å². The highest BCUT2D eigenvalue weighted by Gasteiger charge is 2.18. The summed E-state index contributed by atoms with van der Waals surface area (Å²) in [5, 5.41) is 3.66. The number of likely N-dealkylation sites (N-methyl/N-ethyl adjacent to an activating group) is 1. The zero-order valence-corrected chi connectivity index (χ0v) is 10.2. The van der Waals surface area contributed by atoms with Crippen LogP contribution < -0.4 is 5.32 Å². The van der Waals surface area contributed by atoms with Crippen molar-refractivity contribution in [3.05, 3.63) is 23.2 Å². The fraction of sp³-hybridized carbons (Fsp3) is 0.636. The van der Waals surface area contributed by atoms with Crippen LogP contribution in [0.15, 0.2) is 12.3 Å². The highest BCUT2D eigenvalue weighted by Crippen LogP contribution is 2.13. The van der Waals surface area contributed by atoms with Crippen LogP contribution in [0.3, 0.4) is 0 Å². The van der Waals surface area contributed by atoms with Crippen LogP contribution in [0.5, 0.6) is 0 Å². The van der Waals surface area contributed by atoms with Gasteiger partial charge in [0.1, 0.15) is 0 Å². The largest absolute Gasteiger partial charge is 0.316 e. The monoisotopic (exact) mass is 240 g/mol. The summed E-state index contributed by atoms with van der Waals surface area (Å²) in [7, 11) is 2.02. The number of likely N-dealkylation sites (tertiary alicyclic amines) is 1. The Morgan fingerprint density at radius 3 is 3.25 bits per heavy atom. The molecule has 1 saturated heterocycles. The first-order valence-electron chi connectivity index (χ1n) is 5.65. The Balaban J connectivity index is 1.94. The minimum atomic E-state index is 0.333. The summed E-state index contributed by atoms with van der Waals surface area (Å²) in [6.07, 6.45) is 4.21. The van der Waals surface area contributed by atoms with E-state index in [1.807, 2.05) is 13.1 Å². The molecule has 1 N–H and O–H groups in total. The van der Waals surface area contributed by atoms with Crippen LogP contribution in [-0.4, -0.2) is 41.0 Å². The standard InChI is InChI=1S/C11H17ClN4/c1-13-9-3-2-6-16(7-9)8-10-4-5-14-11(12)15-10/h4-5,9,13H,2-3,6-8H2,1H3/t9-/m0/s1. The van der Waals surface area contributed by atoms with E-state index in [0.717, 1.165) is 25.3 Å². The molecule has 88 valence electrons. The molecule has 1 aliphatic rings. The number of hydrogen-bond acceptors (Lipinski definition) is 4. The predicted octanol–water partition coefficient (Wildman–Crippen LogP) is 1.31. The van der Waals surface area contributed by atoms with Crippen molar-refractivity contribution in [2.45, 2.75) is 25.4 Å². The maximum Gasteiger partial charge on any atom is 0.222 e. The Morgan fingerprint density at radius 2 is 2.50 bits per heavy atom.